The summed E-state index contributed by atoms with van der Waals surface area (Å²) in [5.74, 6) is 0. The summed E-state index contributed by atoms with van der Waals surface area (Å²) in [6.45, 7) is 10.6. The molecule has 0 aliphatic carbocycles. The number of piperazine rings is 3. The Bertz CT molecular complexity index is 237. The molecule has 2 bridgehead atoms. The van der Waals surface area contributed by atoms with Gasteiger partial charge in [0.25, 0.3) is 0 Å². The van der Waals surface area contributed by atoms with E-state index in [0.29, 0.717) is 0 Å². The standard InChI is InChI=1S/C12H26N4/c1-15-6-9-16(10-7-15,11-8-15)5-3-2-4-14-12-13/h12H,2-11H2,1H3,(H2,13,14)/q+2. The molecule has 4 heteroatoms. The zero-order valence-electron chi connectivity index (χ0n) is 10.6. The molecular weight excluding hydrogens is 200 g/mol. The topological polar surface area (TPSA) is 38.4 Å². The highest BCUT2D eigenvalue weighted by atomic mass is 15.5. The van der Waals surface area contributed by atoms with Crippen LogP contribution in [0.1, 0.15) is 12.8 Å². The van der Waals surface area contributed by atoms with Gasteiger partial charge in [0.1, 0.15) is 39.3 Å². The summed E-state index contributed by atoms with van der Waals surface area (Å²) in [5.41, 5.74) is 5.23. The SMILES string of the molecule is C[N+]12CC[N+](CCCCN=CN)(CC1)CC2. The first kappa shape index (κ1) is 11.9. The Labute approximate surface area is 98.9 Å². The molecule has 2 N–H and O–H groups in total. The van der Waals surface area contributed by atoms with Crippen LogP contribution in [0.25, 0.3) is 0 Å². The molecule has 3 saturated heterocycles. The molecule has 0 unspecified atom stereocenters. The Hall–Kier alpha value is -0.610. The van der Waals surface area contributed by atoms with E-state index in [0.717, 1.165) is 6.54 Å². The minimum atomic E-state index is 0.907. The van der Waals surface area contributed by atoms with E-state index in [2.05, 4.69) is 12.0 Å². The van der Waals surface area contributed by atoms with Crippen molar-refractivity contribution in [2.45, 2.75) is 12.8 Å². The molecule has 3 heterocycles. The second-order valence-electron chi connectivity index (χ2n) is 5.79. The molecular formula is C12H26N4+2. The summed E-state index contributed by atoms with van der Waals surface area (Å²) in [6, 6.07) is 0. The lowest BCUT2D eigenvalue weighted by Crippen LogP contribution is -2.73. The summed E-state index contributed by atoms with van der Waals surface area (Å²) >= 11 is 0. The van der Waals surface area contributed by atoms with Gasteiger partial charge in [-0.1, -0.05) is 0 Å². The van der Waals surface area contributed by atoms with E-state index in [-0.39, 0.29) is 0 Å². The predicted molar refractivity (Wildman–Crippen MR) is 67.3 cm³/mol. The van der Waals surface area contributed by atoms with Gasteiger partial charge in [0.15, 0.2) is 0 Å². The highest BCUT2D eigenvalue weighted by molar-refractivity contribution is 5.50. The summed E-state index contributed by atoms with van der Waals surface area (Å²) < 4.78 is 2.72. The van der Waals surface area contributed by atoms with Gasteiger partial charge < -0.3 is 14.7 Å². The average Bonchev–Trinajstić information content (AvgIpc) is 2.31. The second kappa shape index (κ2) is 4.72. The number of hydrogen-bond donors (Lipinski definition) is 1. The van der Waals surface area contributed by atoms with E-state index >= 15 is 0 Å². The van der Waals surface area contributed by atoms with Gasteiger partial charge >= 0.3 is 0 Å². The lowest BCUT2D eigenvalue weighted by atomic mass is 10.1. The van der Waals surface area contributed by atoms with Gasteiger partial charge in [0.2, 0.25) is 0 Å². The van der Waals surface area contributed by atoms with Gasteiger partial charge in [0.05, 0.1) is 19.9 Å². The zero-order valence-corrected chi connectivity index (χ0v) is 10.6. The summed E-state index contributed by atoms with van der Waals surface area (Å²) in [5, 5.41) is 0. The molecule has 3 rings (SSSR count). The van der Waals surface area contributed by atoms with Crippen molar-refractivity contribution in [3.8, 4) is 0 Å². The summed E-state index contributed by atoms with van der Waals surface area (Å²) in [7, 11) is 2.42. The first-order valence-electron chi connectivity index (χ1n) is 6.57. The molecule has 0 saturated carbocycles. The van der Waals surface area contributed by atoms with Crippen LogP contribution in [0, 0.1) is 0 Å². The van der Waals surface area contributed by atoms with Crippen LogP contribution < -0.4 is 5.73 Å². The van der Waals surface area contributed by atoms with Crippen LogP contribution in [0.3, 0.4) is 0 Å². The fourth-order valence-electron chi connectivity index (χ4n) is 3.09. The third-order valence-electron chi connectivity index (χ3n) is 4.62. The van der Waals surface area contributed by atoms with Crippen molar-refractivity contribution in [2.75, 3.05) is 59.4 Å². The van der Waals surface area contributed by atoms with Gasteiger partial charge in [-0.05, 0) is 12.8 Å². The highest BCUT2D eigenvalue weighted by Crippen LogP contribution is 2.25. The van der Waals surface area contributed by atoms with E-state index in [1.54, 1.807) is 0 Å². The maximum absolute atomic E-state index is 5.23. The third-order valence-corrected chi connectivity index (χ3v) is 4.62. The molecule has 3 fully saturated rings. The molecule has 16 heavy (non-hydrogen) atoms. The van der Waals surface area contributed by atoms with Gasteiger partial charge in [-0.3, -0.25) is 4.99 Å². The average molecular weight is 226 g/mol. The van der Waals surface area contributed by atoms with Crippen molar-refractivity contribution in [3.63, 3.8) is 0 Å². The number of likely N-dealkylation sites (N-methyl/N-ethyl adjacent to an activating group) is 1. The maximum atomic E-state index is 5.23. The lowest BCUT2D eigenvalue weighted by molar-refractivity contribution is -1.07. The van der Waals surface area contributed by atoms with Crippen molar-refractivity contribution in [3.05, 3.63) is 0 Å². The van der Waals surface area contributed by atoms with Crippen molar-refractivity contribution in [2.24, 2.45) is 10.7 Å². The molecule has 4 nitrogen and oxygen atoms in total. The fraction of sp³-hybridized carbons (Fsp3) is 0.917. The number of aliphatic imine (C=N–C) groups is 1. The van der Waals surface area contributed by atoms with E-state index in [4.69, 9.17) is 5.73 Å². The van der Waals surface area contributed by atoms with Gasteiger partial charge in [-0.2, -0.15) is 0 Å². The van der Waals surface area contributed by atoms with Crippen LogP contribution in [-0.2, 0) is 0 Å². The third kappa shape index (κ3) is 2.55. The molecule has 0 aromatic carbocycles. The number of nitrogens with two attached hydrogens (primary N) is 1. The number of quaternary nitrogens is 2. The Kier molecular flexibility index (Phi) is 3.50. The van der Waals surface area contributed by atoms with Crippen molar-refractivity contribution in [1.82, 2.24) is 0 Å². The minimum absolute atomic E-state index is 0.907. The van der Waals surface area contributed by atoms with Crippen LogP contribution in [0.5, 0.6) is 0 Å². The van der Waals surface area contributed by atoms with Crippen molar-refractivity contribution < 1.29 is 8.97 Å². The molecule has 0 aromatic rings. The predicted octanol–water partition coefficient (Wildman–Crippen LogP) is 0.0442. The van der Waals surface area contributed by atoms with E-state index < -0.39 is 0 Å². The van der Waals surface area contributed by atoms with Gasteiger partial charge in [-0.25, -0.2) is 0 Å². The smallest absolute Gasteiger partial charge is 0.129 e. The largest absolute Gasteiger partial charge is 0.390 e. The molecule has 3 aliphatic rings. The number of unbranched alkanes of at least 4 members (excludes halogenated alkanes) is 1. The molecule has 0 aromatic heterocycles. The molecule has 3 aliphatic heterocycles. The Morgan fingerprint density at radius 2 is 1.69 bits per heavy atom. The van der Waals surface area contributed by atoms with Crippen LogP contribution in [0.2, 0.25) is 0 Å². The lowest BCUT2D eigenvalue weighted by Gasteiger charge is -2.54. The Morgan fingerprint density at radius 3 is 2.25 bits per heavy atom. The number of fused-ring (bicyclic) bond motifs is 3. The quantitative estimate of drug-likeness (QED) is 0.306. The molecule has 0 radical (unpaired) electrons. The second-order valence-corrected chi connectivity index (χ2v) is 5.79. The molecule has 92 valence electrons. The Morgan fingerprint density at radius 1 is 1.06 bits per heavy atom. The minimum Gasteiger partial charge on any atom is -0.390 e. The Balaban J connectivity index is 1.73. The first-order valence-corrected chi connectivity index (χ1v) is 6.57. The van der Waals surface area contributed by atoms with Crippen molar-refractivity contribution >= 4 is 6.34 Å². The first-order chi connectivity index (χ1) is 7.68. The van der Waals surface area contributed by atoms with Gasteiger partial charge in [0, 0.05) is 6.54 Å². The number of rotatable bonds is 5. The zero-order chi connectivity index (χ0) is 11.5. The summed E-state index contributed by atoms with van der Waals surface area (Å²) in [4.78, 5) is 4.07. The van der Waals surface area contributed by atoms with Crippen LogP contribution in [0.4, 0.5) is 0 Å². The van der Waals surface area contributed by atoms with Crippen molar-refractivity contribution in [1.29, 1.82) is 0 Å². The van der Waals surface area contributed by atoms with Crippen LogP contribution in [-0.4, -0.2) is 74.7 Å². The number of nitrogens with zero attached hydrogens (tertiary/aromatic N) is 3. The molecule has 0 atom stereocenters. The molecule has 0 spiro atoms. The van der Waals surface area contributed by atoms with Crippen LogP contribution >= 0.6 is 0 Å². The van der Waals surface area contributed by atoms with E-state index in [1.165, 1.54) is 74.0 Å². The normalized spacial score (nSPS) is 38.3. The monoisotopic (exact) mass is 226 g/mol. The van der Waals surface area contributed by atoms with E-state index in [1.807, 2.05) is 0 Å². The summed E-state index contributed by atoms with van der Waals surface area (Å²) in [6.07, 6.45) is 3.93. The molecule has 0 amide bonds. The van der Waals surface area contributed by atoms with Gasteiger partial charge in [-0.15, -0.1) is 0 Å². The van der Waals surface area contributed by atoms with Crippen LogP contribution in [0.15, 0.2) is 4.99 Å². The fourth-order valence-corrected chi connectivity index (χ4v) is 3.09. The number of hydrogen-bond acceptors (Lipinski definition) is 1. The highest BCUT2D eigenvalue weighted by Gasteiger charge is 2.45. The maximum Gasteiger partial charge on any atom is 0.129 e. The van der Waals surface area contributed by atoms with E-state index in [9.17, 15) is 0 Å².